The standard InChI is InChI=1S/C21H22N4O/c1-12-9-19-20(10-13(12)2)25(11-18-14(3)24-26-15(18)4)21(23-19)16-5-7-17(22)8-6-16/h5-10H,11,22H2,1-4H3. The van der Waals surface area contributed by atoms with Crippen molar-refractivity contribution in [2.45, 2.75) is 34.2 Å². The Balaban J connectivity index is 1.96. The van der Waals surface area contributed by atoms with Crippen molar-refractivity contribution in [1.82, 2.24) is 14.7 Å². The lowest BCUT2D eigenvalue weighted by Gasteiger charge is -2.10. The van der Waals surface area contributed by atoms with Crippen LogP contribution in [0.2, 0.25) is 0 Å². The number of aromatic nitrogens is 3. The van der Waals surface area contributed by atoms with Gasteiger partial charge >= 0.3 is 0 Å². The Labute approximate surface area is 152 Å². The Morgan fingerprint density at radius 2 is 1.69 bits per heavy atom. The molecule has 0 unspecified atom stereocenters. The fourth-order valence-corrected chi connectivity index (χ4v) is 3.28. The van der Waals surface area contributed by atoms with E-state index in [1.165, 1.54) is 11.1 Å². The normalized spacial score (nSPS) is 11.4. The molecular weight excluding hydrogens is 324 g/mol. The van der Waals surface area contributed by atoms with Gasteiger partial charge in [-0.05, 0) is 75.2 Å². The fraction of sp³-hybridized carbons (Fsp3) is 0.238. The van der Waals surface area contributed by atoms with Gasteiger partial charge in [0.25, 0.3) is 0 Å². The highest BCUT2D eigenvalue weighted by molar-refractivity contribution is 5.82. The Morgan fingerprint density at radius 1 is 1.00 bits per heavy atom. The second-order valence-corrected chi connectivity index (χ2v) is 6.87. The number of nitrogens with zero attached hydrogens (tertiary/aromatic N) is 3. The summed E-state index contributed by atoms with van der Waals surface area (Å²) in [4.78, 5) is 4.93. The van der Waals surface area contributed by atoms with Gasteiger partial charge in [-0.25, -0.2) is 4.98 Å². The van der Waals surface area contributed by atoms with E-state index in [4.69, 9.17) is 15.2 Å². The summed E-state index contributed by atoms with van der Waals surface area (Å²) in [6, 6.07) is 12.2. The van der Waals surface area contributed by atoms with E-state index >= 15 is 0 Å². The lowest BCUT2D eigenvalue weighted by molar-refractivity contribution is 0.392. The van der Waals surface area contributed by atoms with Crippen LogP contribution >= 0.6 is 0 Å². The molecular formula is C21H22N4O. The maximum atomic E-state index is 5.86. The minimum absolute atomic E-state index is 0.667. The lowest BCUT2D eigenvalue weighted by Crippen LogP contribution is -2.04. The topological polar surface area (TPSA) is 69.9 Å². The monoisotopic (exact) mass is 346 g/mol. The first-order valence-corrected chi connectivity index (χ1v) is 8.69. The van der Waals surface area contributed by atoms with Gasteiger partial charge in [0.2, 0.25) is 0 Å². The van der Waals surface area contributed by atoms with Crippen molar-refractivity contribution in [2.75, 3.05) is 5.73 Å². The molecule has 0 fully saturated rings. The minimum Gasteiger partial charge on any atom is -0.399 e. The van der Waals surface area contributed by atoms with Crippen LogP contribution in [-0.4, -0.2) is 14.7 Å². The number of hydrogen-bond donors (Lipinski definition) is 1. The highest BCUT2D eigenvalue weighted by Crippen LogP contribution is 2.29. The molecule has 0 saturated heterocycles. The maximum absolute atomic E-state index is 5.86. The SMILES string of the molecule is Cc1cc2nc(-c3ccc(N)cc3)n(Cc3c(C)noc3C)c2cc1C. The zero-order chi connectivity index (χ0) is 18.4. The smallest absolute Gasteiger partial charge is 0.141 e. The van der Waals surface area contributed by atoms with Crippen LogP contribution in [0.4, 0.5) is 5.69 Å². The molecule has 4 aromatic rings. The van der Waals surface area contributed by atoms with Gasteiger partial charge in [-0.1, -0.05) is 5.16 Å². The zero-order valence-corrected chi connectivity index (χ0v) is 15.5. The van der Waals surface area contributed by atoms with Gasteiger partial charge in [-0.2, -0.15) is 0 Å². The van der Waals surface area contributed by atoms with Crippen molar-refractivity contribution in [3.8, 4) is 11.4 Å². The quantitative estimate of drug-likeness (QED) is 0.552. The minimum atomic E-state index is 0.667. The van der Waals surface area contributed by atoms with Crippen molar-refractivity contribution in [3.63, 3.8) is 0 Å². The molecule has 132 valence electrons. The number of nitrogen functional groups attached to an aromatic ring is 1. The molecule has 26 heavy (non-hydrogen) atoms. The average molecular weight is 346 g/mol. The molecule has 0 aliphatic carbocycles. The first-order valence-electron chi connectivity index (χ1n) is 8.69. The molecule has 2 aromatic heterocycles. The van der Waals surface area contributed by atoms with E-state index in [1.807, 2.05) is 38.1 Å². The van der Waals surface area contributed by atoms with E-state index < -0.39 is 0 Å². The van der Waals surface area contributed by atoms with Crippen LogP contribution in [0, 0.1) is 27.7 Å². The Morgan fingerprint density at radius 3 is 2.35 bits per heavy atom. The molecule has 0 amide bonds. The predicted molar refractivity (Wildman–Crippen MR) is 104 cm³/mol. The fourth-order valence-electron chi connectivity index (χ4n) is 3.28. The van der Waals surface area contributed by atoms with Gasteiger partial charge in [0, 0.05) is 16.8 Å². The van der Waals surface area contributed by atoms with Crippen LogP contribution in [0.3, 0.4) is 0 Å². The second kappa shape index (κ2) is 6.02. The third-order valence-corrected chi connectivity index (χ3v) is 5.03. The van der Waals surface area contributed by atoms with Gasteiger partial charge < -0.3 is 14.8 Å². The molecule has 2 heterocycles. The molecule has 0 aliphatic rings. The molecule has 0 spiro atoms. The van der Waals surface area contributed by atoms with Crippen LogP contribution in [0.15, 0.2) is 40.9 Å². The van der Waals surface area contributed by atoms with Crippen molar-refractivity contribution in [3.05, 3.63) is 64.5 Å². The zero-order valence-electron chi connectivity index (χ0n) is 15.5. The van der Waals surface area contributed by atoms with Crippen molar-refractivity contribution in [2.24, 2.45) is 0 Å². The number of nitrogens with two attached hydrogens (primary N) is 1. The second-order valence-electron chi connectivity index (χ2n) is 6.87. The lowest BCUT2D eigenvalue weighted by atomic mass is 10.1. The summed E-state index contributed by atoms with van der Waals surface area (Å²) in [6.07, 6.45) is 0. The van der Waals surface area contributed by atoms with E-state index in [-0.39, 0.29) is 0 Å². The number of anilines is 1. The summed E-state index contributed by atoms with van der Waals surface area (Å²) in [5.41, 5.74) is 14.2. The van der Waals surface area contributed by atoms with E-state index in [1.54, 1.807) is 0 Å². The van der Waals surface area contributed by atoms with Gasteiger partial charge in [-0.3, -0.25) is 0 Å². The summed E-state index contributed by atoms with van der Waals surface area (Å²) in [7, 11) is 0. The third-order valence-electron chi connectivity index (χ3n) is 5.03. The molecule has 5 heteroatoms. The van der Waals surface area contributed by atoms with E-state index in [9.17, 15) is 0 Å². The van der Waals surface area contributed by atoms with E-state index in [0.717, 1.165) is 45.1 Å². The highest BCUT2D eigenvalue weighted by atomic mass is 16.5. The molecule has 0 bridgehead atoms. The van der Waals surface area contributed by atoms with Gasteiger partial charge in [0.15, 0.2) is 0 Å². The number of imidazole rings is 1. The summed E-state index contributed by atoms with van der Waals surface area (Å²) in [5, 5.41) is 4.10. The first-order chi connectivity index (χ1) is 12.4. The number of fused-ring (bicyclic) bond motifs is 1. The van der Waals surface area contributed by atoms with Gasteiger partial charge in [0.1, 0.15) is 11.6 Å². The van der Waals surface area contributed by atoms with E-state index in [0.29, 0.717) is 6.54 Å². The predicted octanol–water partition coefficient (Wildman–Crippen LogP) is 4.56. The summed E-state index contributed by atoms with van der Waals surface area (Å²) >= 11 is 0. The highest BCUT2D eigenvalue weighted by Gasteiger charge is 2.17. The molecule has 0 atom stereocenters. The average Bonchev–Trinajstić information content (AvgIpc) is 3.11. The Bertz CT molecular complexity index is 1080. The number of benzene rings is 2. The summed E-state index contributed by atoms with van der Waals surface area (Å²) in [5.74, 6) is 1.77. The summed E-state index contributed by atoms with van der Waals surface area (Å²) in [6.45, 7) is 8.84. The molecule has 4 rings (SSSR count). The van der Waals surface area contributed by atoms with Gasteiger partial charge in [-0.15, -0.1) is 0 Å². The van der Waals surface area contributed by atoms with Crippen LogP contribution in [0.1, 0.15) is 28.1 Å². The van der Waals surface area contributed by atoms with Crippen molar-refractivity contribution >= 4 is 16.7 Å². The van der Waals surface area contributed by atoms with Gasteiger partial charge in [0.05, 0.1) is 23.3 Å². The molecule has 2 N–H and O–H groups in total. The molecule has 2 aromatic carbocycles. The Hall–Kier alpha value is -3.08. The number of aryl methyl sites for hydroxylation is 4. The number of hydrogen-bond acceptors (Lipinski definition) is 4. The molecule has 5 nitrogen and oxygen atoms in total. The molecule has 0 radical (unpaired) electrons. The largest absolute Gasteiger partial charge is 0.399 e. The van der Waals surface area contributed by atoms with Crippen molar-refractivity contribution < 1.29 is 4.52 Å². The molecule has 0 aliphatic heterocycles. The van der Waals surface area contributed by atoms with Crippen molar-refractivity contribution in [1.29, 1.82) is 0 Å². The van der Waals surface area contributed by atoms with E-state index in [2.05, 4.69) is 35.7 Å². The van der Waals surface area contributed by atoms with Crippen LogP contribution in [0.25, 0.3) is 22.4 Å². The first kappa shape index (κ1) is 16.4. The number of rotatable bonds is 3. The van der Waals surface area contributed by atoms with Crippen LogP contribution in [-0.2, 0) is 6.54 Å². The summed E-state index contributed by atoms with van der Waals surface area (Å²) < 4.78 is 7.60. The van der Waals surface area contributed by atoms with Crippen LogP contribution < -0.4 is 5.73 Å². The molecule has 0 saturated carbocycles. The third kappa shape index (κ3) is 2.65. The maximum Gasteiger partial charge on any atom is 0.141 e. The Kier molecular flexibility index (Phi) is 3.80. The van der Waals surface area contributed by atoms with Crippen LogP contribution in [0.5, 0.6) is 0 Å².